The molecule has 9 nitrogen and oxygen atoms in total. The van der Waals surface area contributed by atoms with Crippen molar-refractivity contribution in [2.75, 3.05) is 51.6 Å². The number of rotatable bonds is 8. The van der Waals surface area contributed by atoms with Gasteiger partial charge in [0.2, 0.25) is 0 Å². The Bertz CT molecular complexity index is 939. The lowest BCUT2D eigenvalue weighted by molar-refractivity contribution is -0.137. The second-order valence-electron chi connectivity index (χ2n) is 9.64. The molecule has 0 spiro atoms. The van der Waals surface area contributed by atoms with Crippen LogP contribution in [0.15, 0.2) is 29.2 Å². The number of nitrogens with one attached hydrogen (secondary N) is 1. The quantitative estimate of drug-likeness (QED) is 0.600. The van der Waals surface area contributed by atoms with Gasteiger partial charge in [-0.05, 0) is 58.0 Å². The topological polar surface area (TPSA) is 112 Å². The molecule has 2 unspecified atom stereocenters. The molecular weight excluding hydrogens is 444 g/mol. The van der Waals surface area contributed by atoms with Crippen LogP contribution in [0.5, 0.6) is 0 Å². The zero-order valence-electron chi connectivity index (χ0n) is 19.6. The van der Waals surface area contributed by atoms with Crippen LogP contribution in [0.3, 0.4) is 0 Å². The normalized spacial score (nSPS) is 21.9. The second kappa shape index (κ2) is 10.8. The largest absolute Gasteiger partial charge is 0.444 e. The molecule has 0 aliphatic carbocycles. The smallest absolute Gasteiger partial charge is 0.407 e. The summed E-state index contributed by atoms with van der Waals surface area (Å²) in [4.78, 5) is 16.6. The van der Waals surface area contributed by atoms with E-state index in [1.54, 1.807) is 0 Å². The van der Waals surface area contributed by atoms with Crippen molar-refractivity contribution in [3.63, 3.8) is 0 Å². The molecular formula is C23H34N4O5S. The summed E-state index contributed by atoms with van der Waals surface area (Å²) in [5.41, 5.74) is -0.0614. The number of nitrogens with zero attached hydrogens (tertiary/aromatic N) is 3. The van der Waals surface area contributed by atoms with E-state index in [2.05, 4.69) is 15.1 Å². The summed E-state index contributed by atoms with van der Waals surface area (Å²) >= 11 is 0. The molecule has 10 heteroatoms. The Kier molecular flexibility index (Phi) is 8.34. The summed E-state index contributed by atoms with van der Waals surface area (Å²) in [6, 6.07) is 8.06. The highest BCUT2D eigenvalue weighted by molar-refractivity contribution is 7.91. The van der Waals surface area contributed by atoms with Crippen molar-refractivity contribution >= 4 is 15.9 Å². The molecule has 1 aromatic carbocycles. The van der Waals surface area contributed by atoms with Gasteiger partial charge in [-0.1, -0.05) is 0 Å². The van der Waals surface area contributed by atoms with Crippen molar-refractivity contribution in [3.05, 3.63) is 29.8 Å². The van der Waals surface area contributed by atoms with Crippen LogP contribution >= 0.6 is 0 Å². The van der Waals surface area contributed by atoms with Crippen molar-refractivity contribution in [2.24, 2.45) is 0 Å². The summed E-state index contributed by atoms with van der Waals surface area (Å²) in [6.07, 6.45) is 0.298. The fourth-order valence-electron chi connectivity index (χ4n) is 4.19. The molecule has 2 atom stereocenters. The second-order valence-corrected chi connectivity index (χ2v) is 11.7. The van der Waals surface area contributed by atoms with E-state index in [0.29, 0.717) is 25.1 Å². The maximum atomic E-state index is 12.6. The van der Waals surface area contributed by atoms with E-state index in [9.17, 15) is 13.2 Å². The molecule has 3 rings (SSSR count). The predicted molar refractivity (Wildman–Crippen MR) is 124 cm³/mol. The Balaban J connectivity index is 1.39. The SMILES string of the molecule is CC(C)(C)OC(=O)NCCN1CC2CN(CCCS(=O)(=O)c3ccc(C#N)cc3)CC(C1)O2. The highest BCUT2D eigenvalue weighted by atomic mass is 32.2. The van der Waals surface area contributed by atoms with E-state index < -0.39 is 21.5 Å². The molecule has 1 N–H and O–H groups in total. The Morgan fingerprint density at radius 2 is 1.70 bits per heavy atom. The van der Waals surface area contributed by atoms with E-state index >= 15 is 0 Å². The number of amides is 1. The Morgan fingerprint density at radius 3 is 2.24 bits per heavy atom. The molecule has 1 amide bonds. The zero-order chi connectivity index (χ0) is 24.1. The number of nitriles is 1. The van der Waals surface area contributed by atoms with E-state index in [1.807, 2.05) is 26.8 Å². The minimum atomic E-state index is -3.36. The molecule has 2 bridgehead atoms. The van der Waals surface area contributed by atoms with Gasteiger partial charge in [-0.25, -0.2) is 13.2 Å². The first-order valence-electron chi connectivity index (χ1n) is 11.3. The van der Waals surface area contributed by atoms with Crippen molar-refractivity contribution in [2.45, 2.75) is 49.9 Å². The van der Waals surface area contributed by atoms with E-state index in [4.69, 9.17) is 14.7 Å². The molecule has 1 aromatic rings. The Labute approximate surface area is 196 Å². The fraction of sp³-hybridized carbons (Fsp3) is 0.652. The third-order valence-corrected chi connectivity index (χ3v) is 7.37. The Morgan fingerprint density at radius 1 is 1.12 bits per heavy atom. The van der Waals surface area contributed by atoms with Gasteiger partial charge < -0.3 is 14.8 Å². The van der Waals surface area contributed by atoms with E-state index in [0.717, 1.165) is 32.7 Å². The third-order valence-electron chi connectivity index (χ3n) is 5.56. The molecule has 0 aromatic heterocycles. The first-order valence-corrected chi connectivity index (χ1v) is 13.0. The maximum absolute atomic E-state index is 12.6. The molecule has 0 radical (unpaired) electrons. The lowest BCUT2D eigenvalue weighted by atomic mass is 10.1. The first-order chi connectivity index (χ1) is 15.5. The van der Waals surface area contributed by atoms with Crippen LogP contribution < -0.4 is 5.32 Å². The van der Waals surface area contributed by atoms with Gasteiger partial charge in [-0.2, -0.15) is 5.26 Å². The number of sulfone groups is 1. The Hall–Kier alpha value is -2.19. The molecule has 2 heterocycles. The highest BCUT2D eigenvalue weighted by Crippen LogP contribution is 2.20. The number of carbonyl (C=O) groups is 1. The van der Waals surface area contributed by atoms with Crippen LogP contribution in [0.2, 0.25) is 0 Å². The number of ether oxygens (including phenoxy) is 2. The average molecular weight is 479 g/mol. The number of fused-ring (bicyclic) bond motifs is 2. The minimum absolute atomic E-state index is 0.0774. The monoisotopic (exact) mass is 478 g/mol. The number of benzene rings is 1. The molecule has 33 heavy (non-hydrogen) atoms. The molecule has 2 saturated heterocycles. The van der Waals surface area contributed by atoms with Crippen LogP contribution in [0, 0.1) is 11.3 Å². The first kappa shape index (κ1) is 25.4. The highest BCUT2D eigenvalue weighted by Gasteiger charge is 2.34. The lowest BCUT2D eigenvalue weighted by Gasteiger charge is -2.46. The van der Waals surface area contributed by atoms with Crippen molar-refractivity contribution < 1.29 is 22.7 Å². The molecule has 0 saturated carbocycles. The van der Waals surface area contributed by atoms with Crippen LogP contribution in [-0.2, 0) is 19.3 Å². The fourth-order valence-corrected chi connectivity index (χ4v) is 5.48. The summed E-state index contributed by atoms with van der Waals surface area (Å²) in [7, 11) is -3.36. The maximum Gasteiger partial charge on any atom is 0.407 e. The number of morpholine rings is 2. The van der Waals surface area contributed by atoms with Crippen molar-refractivity contribution in [1.82, 2.24) is 15.1 Å². The van der Waals surface area contributed by atoms with Crippen LogP contribution in [0.25, 0.3) is 0 Å². The number of alkyl carbamates (subject to hydrolysis) is 1. The summed E-state index contributed by atoms with van der Waals surface area (Å²) in [5, 5.41) is 11.7. The van der Waals surface area contributed by atoms with Crippen LogP contribution in [0.4, 0.5) is 4.79 Å². The molecule has 2 fully saturated rings. The van der Waals surface area contributed by atoms with E-state index in [1.165, 1.54) is 24.3 Å². The van der Waals surface area contributed by atoms with Gasteiger partial charge in [-0.3, -0.25) is 9.80 Å². The van der Waals surface area contributed by atoms with Crippen LogP contribution in [0.1, 0.15) is 32.8 Å². The standard InChI is InChI=1S/C23H34N4O5S/c1-23(2,3)32-22(28)25-9-11-27-16-19-14-26(15-20(17-27)31-19)10-4-12-33(29,30)21-7-5-18(13-24)6-8-21/h5-8,19-20H,4,9-12,14-17H2,1-3H3,(H,25,28). The molecule has 2 aliphatic heterocycles. The molecule has 182 valence electrons. The van der Waals surface area contributed by atoms with Crippen molar-refractivity contribution in [3.8, 4) is 6.07 Å². The third kappa shape index (κ3) is 7.96. The summed E-state index contributed by atoms with van der Waals surface area (Å²) in [5.74, 6) is 0.0774. The van der Waals surface area contributed by atoms with Gasteiger partial charge >= 0.3 is 6.09 Å². The summed E-state index contributed by atoms with van der Waals surface area (Å²) < 4.78 is 36.5. The number of hydrogen-bond donors (Lipinski definition) is 1. The lowest BCUT2D eigenvalue weighted by Crippen LogP contribution is -2.60. The van der Waals surface area contributed by atoms with Crippen molar-refractivity contribution in [1.29, 1.82) is 5.26 Å². The van der Waals surface area contributed by atoms with Gasteiger partial charge in [0, 0.05) is 39.3 Å². The van der Waals surface area contributed by atoms with Gasteiger partial charge in [0.1, 0.15) is 5.60 Å². The van der Waals surface area contributed by atoms with Gasteiger partial charge in [0.25, 0.3) is 0 Å². The molecule has 2 aliphatic rings. The van der Waals surface area contributed by atoms with Gasteiger partial charge in [0.15, 0.2) is 9.84 Å². The van der Waals surface area contributed by atoms with E-state index in [-0.39, 0.29) is 22.9 Å². The predicted octanol–water partition coefficient (Wildman–Crippen LogP) is 1.63. The van der Waals surface area contributed by atoms with Crippen LogP contribution in [-0.4, -0.2) is 93.7 Å². The number of hydrogen-bond acceptors (Lipinski definition) is 8. The summed E-state index contributed by atoms with van der Waals surface area (Å²) in [6.45, 7) is 10.6. The van der Waals surface area contributed by atoms with Gasteiger partial charge in [0.05, 0.1) is 34.5 Å². The average Bonchev–Trinajstić information content (AvgIpc) is 2.72. The van der Waals surface area contributed by atoms with Gasteiger partial charge in [-0.15, -0.1) is 0 Å². The minimum Gasteiger partial charge on any atom is -0.444 e. The zero-order valence-corrected chi connectivity index (χ0v) is 20.4. The number of carbonyl (C=O) groups excluding carboxylic acids is 1.